The van der Waals surface area contributed by atoms with Gasteiger partial charge in [-0.1, -0.05) is 0 Å². The summed E-state index contributed by atoms with van der Waals surface area (Å²) in [5.41, 5.74) is 20.2. The first-order valence-electron chi connectivity index (χ1n) is 12.0. The SMILES string of the molecule is Cc1c(N)c(O)[nH]c(=O)c1C#N.Nc1cc([N+](=O)[O-])ccc1O.Nc1cc([N+](=O)[O-])ccc1O.[C-]#[N+]c1c(C)c(N)c(O)[nH]c1=O.[Co]. The van der Waals surface area contributed by atoms with E-state index >= 15 is 0 Å². The number of nitrogens with zero attached hydrogens (tertiary/aromatic N) is 4. The molecule has 20 nitrogen and oxygen atoms in total. The number of nitro groups is 2. The molecule has 21 heteroatoms. The summed E-state index contributed by atoms with van der Waals surface area (Å²) in [7, 11) is 0. The van der Waals surface area contributed by atoms with Crippen LogP contribution < -0.4 is 34.1 Å². The van der Waals surface area contributed by atoms with Crippen molar-refractivity contribution in [3.05, 3.63) is 105 Å². The normalized spacial score (nSPS) is 9.19. The summed E-state index contributed by atoms with van der Waals surface area (Å²) in [5.74, 6) is -1.06. The van der Waals surface area contributed by atoms with E-state index in [1.807, 2.05) is 0 Å². The maximum Gasteiger partial charge on any atom is 0.271 e. The van der Waals surface area contributed by atoms with Crippen molar-refractivity contribution in [2.45, 2.75) is 13.8 Å². The molecule has 2 aromatic carbocycles. The number of aromatic hydroxyl groups is 4. The van der Waals surface area contributed by atoms with E-state index in [-0.39, 0.29) is 79.5 Å². The van der Waals surface area contributed by atoms with E-state index in [2.05, 4.69) is 14.8 Å². The van der Waals surface area contributed by atoms with Crippen molar-refractivity contribution in [3.8, 4) is 29.3 Å². The first kappa shape index (κ1) is 40.0. The van der Waals surface area contributed by atoms with E-state index in [0.29, 0.717) is 11.1 Å². The Kier molecular flexibility index (Phi) is 14.8. The molecule has 0 aliphatic carbocycles. The number of nitrogen functional groups attached to an aromatic ring is 4. The summed E-state index contributed by atoms with van der Waals surface area (Å²) < 4.78 is 0. The average Bonchev–Trinajstić information content (AvgIpc) is 2.99. The fourth-order valence-corrected chi connectivity index (χ4v) is 3.01. The Hall–Kier alpha value is -6.97. The Morgan fingerprint density at radius 2 is 1.17 bits per heavy atom. The van der Waals surface area contributed by atoms with Gasteiger partial charge in [0, 0.05) is 46.6 Å². The monoisotopic (exact) mass is 697 g/mol. The molecule has 0 bridgehead atoms. The van der Waals surface area contributed by atoms with Gasteiger partial charge in [0.25, 0.3) is 28.2 Å². The van der Waals surface area contributed by atoms with Crippen molar-refractivity contribution < 1.29 is 47.1 Å². The standard InChI is InChI=1S/2C7H7N3O2.2C6H6N2O3.Co/c1-3-4(8)6(11)10-7(12)5(3)9-2;1-3-4(2-8)6(11)10-7(12)5(3)9;2*7-5-3-4(8(10)11)1-2-6(5)9;/h8H2,1H3,(H2,10,11,12);9H2,1H3,(H2,10,11,12);2*1-3,9H,7H2;. The second-order valence-corrected chi connectivity index (χ2v) is 8.63. The number of nitrogens with two attached hydrogens (primary N) is 4. The van der Waals surface area contributed by atoms with Crippen molar-refractivity contribution in [3.63, 3.8) is 0 Å². The topological polar surface area (TPSA) is 365 Å². The van der Waals surface area contributed by atoms with Crippen LogP contribution in [-0.4, -0.2) is 40.2 Å². The number of hydrogen-bond donors (Lipinski definition) is 10. The Balaban J connectivity index is 0.000000597. The van der Waals surface area contributed by atoms with Crippen LogP contribution in [0.1, 0.15) is 16.7 Å². The molecule has 0 saturated carbocycles. The van der Waals surface area contributed by atoms with E-state index in [9.17, 15) is 29.8 Å². The van der Waals surface area contributed by atoms with E-state index in [1.165, 1.54) is 38.1 Å². The predicted octanol–water partition coefficient (Wildman–Crippen LogP) is 2.13. The van der Waals surface area contributed by atoms with E-state index in [1.54, 1.807) is 6.07 Å². The van der Waals surface area contributed by atoms with E-state index < -0.39 is 26.8 Å². The van der Waals surface area contributed by atoms with Crippen LogP contribution in [0, 0.1) is 52.0 Å². The molecule has 0 fully saturated rings. The third-order valence-electron chi connectivity index (χ3n) is 5.62. The van der Waals surface area contributed by atoms with Gasteiger partial charge in [0.15, 0.2) is 0 Å². The molecule has 0 unspecified atom stereocenters. The largest absolute Gasteiger partial charge is 0.506 e. The quantitative estimate of drug-likeness (QED) is 0.0471. The molecule has 4 aromatic rings. The zero-order chi connectivity index (χ0) is 35.5. The number of non-ortho nitro benzene ring substituents is 2. The minimum absolute atomic E-state index is 0. The van der Waals surface area contributed by atoms with Gasteiger partial charge in [-0.05, 0) is 31.5 Å². The van der Waals surface area contributed by atoms with Crippen molar-refractivity contribution in [1.82, 2.24) is 9.97 Å². The maximum absolute atomic E-state index is 11.0. The number of H-pyrrole nitrogens is 2. The van der Waals surface area contributed by atoms with Crippen LogP contribution in [0.25, 0.3) is 4.85 Å². The smallest absolute Gasteiger partial charge is 0.271 e. The van der Waals surface area contributed by atoms with Gasteiger partial charge in [-0.3, -0.25) is 34.8 Å². The number of pyridine rings is 2. The van der Waals surface area contributed by atoms with Crippen LogP contribution in [0.15, 0.2) is 46.0 Å². The minimum Gasteiger partial charge on any atom is -0.506 e. The number of anilines is 4. The minimum atomic E-state index is -0.623. The molecule has 0 atom stereocenters. The van der Waals surface area contributed by atoms with Gasteiger partial charge in [0.1, 0.15) is 23.1 Å². The van der Waals surface area contributed by atoms with Crippen molar-refractivity contribution in [2.24, 2.45) is 0 Å². The zero-order valence-corrected chi connectivity index (χ0v) is 25.2. The number of aromatic amines is 2. The Labute approximate surface area is 273 Å². The predicted molar refractivity (Wildman–Crippen MR) is 165 cm³/mol. The number of phenols is 2. The van der Waals surface area contributed by atoms with Gasteiger partial charge in [-0.2, -0.15) is 5.26 Å². The van der Waals surface area contributed by atoms with Crippen LogP contribution in [-0.2, 0) is 16.8 Å². The number of hydrogen-bond acceptors (Lipinski definition) is 15. The number of rotatable bonds is 2. The summed E-state index contributed by atoms with van der Waals surface area (Å²) in [4.78, 5) is 48.1. The fraction of sp³-hybridized carbons (Fsp3) is 0.0769. The zero-order valence-electron chi connectivity index (χ0n) is 24.1. The van der Waals surface area contributed by atoms with Crippen LogP contribution >= 0.6 is 0 Å². The molecule has 2 heterocycles. The summed E-state index contributed by atoms with van der Waals surface area (Å²) in [6, 6.07) is 8.66. The number of aromatic nitrogens is 2. The average molecular weight is 697 g/mol. The number of nitriles is 1. The van der Waals surface area contributed by atoms with E-state index in [0.717, 1.165) is 12.1 Å². The van der Waals surface area contributed by atoms with Crippen LogP contribution in [0.4, 0.5) is 39.8 Å². The molecule has 0 amide bonds. The molecule has 0 saturated heterocycles. The van der Waals surface area contributed by atoms with Gasteiger partial charge in [-0.25, -0.2) is 4.85 Å². The van der Waals surface area contributed by atoms with Crippen molar-refractivity contribution >= 4 is 39.8 Å². The number of nitro benzene ring substituents is 2. The molecule has 1 radical (unpaired) electrons. The Bertz CT molecular complexity index is 1860. The molecule has 2 aromatic heterocycles. The summed E-state index contributed by atoms with van der Waals surface area (Å²) in [6.45, 7) is 9.67. The van der Waals surface area contributed by atoms with Gasteiger partial charge < -0.3 is 48.3 Å². The molecule has 0 spiro atoms. The third-order valence-corrected chi connectivity index (χ3v) is 5.62. The second kappa shape index (κ2) is 17.4. The first-order valence-corrected chi connectivity index (χ1v) is 12.0. The fourth-order valence-electron chi connectivity index (χ4n) is 3.01. The first-order chi connectivity index (χ1) is 21.4. The Morgan fingerprint density at radius 3 is 1.51 bits per heavy atom. The van der Waals surface area contributed by atoms with Crippen LogP contribution in [0.3, 0.4) is 0 Å². The molecule has 47 heavy (non-hydrogen) atoms. The molecule has 14 N–H and O–H groups in total. The number of phenolic OH excluding ortho intramolecular Hbond substituents is 2. The molecular formula is C26H26CoN10O10. The summed E-state index contributed by atoms with van der Waals surface area (Å²) in [6.07, 6.45) is 0. The van der Waals surface area contributed by atoms with Crippen LogP contribution in [0.2, 0.25) is 0 Å². The molecule has 0 aliphatic heterocycles. The van der Waals surface area contributed by atoms with Crippen molar-refractivity contribution in [1.29, 1.82) is 5.26 Å². The Morgan fingerprint density at radius 1 is 0.787 bits per heavy atom. The molecule has 249 valence electrons. The van der Waals surface area contributed by atoms with Crippen LogP contribution in [0.5, 0.6) is 23.3 Å². The molecular weight excluding hydrogens is 671 g/mol. The summed E-state index contributed by atoms with van der Waals surface area (Å²) in [5, 5.41) is 64.6. The second-order valence-electron chi connectivity index (χ2n) is 8.63. The number of nitrogens with one attached hydrogen (secondary N) is 2. The van der Waals surface area contributed by atoms with E-state index in [4.69, 9.17) is 55.2 Å². The summed E-state index contributed by atoms with van der Waals surface area (Å²) >= 11 is 0. The molecule has 4 rings (SSSR count). The van der Waals surface area contributed by atoms with Gasteiger partial charge in [0.2, 0.25) is 11.8 Å². The molecule has 0 aliphatic rings. The maximum atomic E-state index is 11.0. The van der Waals surface area contributed by atoms with Crippen molar-refractivity contribution in [2.75, 3.05) is 22.9 Å². The van der Waals surface area contributed by atoms with Gasteiger partial charge >= 0.3 is 0 Å². The number of benzene rings is 2. The van der Waals surface area contributed by atoms with Gasteiger partial charge in [0.05, 0.1) is 39.2 Å². The third kappa shape index (κ3) is 10.6. The van der Waals surface area contributed by atoms with Gasteiger partial charge in [-0.15, -0.1) is 0 Å².